The predicted octanol–water partition coefficient (Wildman–Crippen LogP) is 1.39. The summed E-state index contributed by atoms with van der Waals surface area (Å²) in [5, 5.41) is 2.48. The maximum atomic E-state index is 11.9. The van der Waals surface area contributed by atoms with E-state index in [0.29, 0.717) is 23.7 Å². The fourth-order valence-electron chi connectivity index (χ4n) is 1.55. The van der Waals surface area contributed by atoms with E-state index in [2.05, 4.69) is 5.32 Å². The molecule has 1 amide bonds. The molecule has 6 heteroatoms. The molecule has 0 aliphatic carbocycles. The Morgan fingerprint density at radius 2 is 1.90 bits per heavy atom. The first-order chi connectivity index (χ1) is 9.62. The number of rotatable bonds is 7. The maximum absolute atomic E-state index is 11.9. The van der Waals surface area contributed by atoms with Crippen molar-refractivity contribution in [1.29, 1.82) is 0 Å². The van der Waals surface area contributed by atoms with Gasteiger partial charge in [0, 0.05) is 5.56 Å². The van der Waals surface area contributed by atoms with Crippen molar-refractivity contribution in [1.82, 2.24) is 5.32 Å². The molecular formula is C14H19NO5. The van der Waals surface area contributed by atoms with E-state index < -0.39 is 5.97 Å². The van der Waals surface area contributed by atoms with Gasteiger partial charge in [-0.25, -0.2) is 0 Å². The Labute approximate surface area is 118 Å². The van der Waals surface area contributed by atoms with Crippen molar-refractivity contribution in [3.63, 3.8) is 0 Å². The molecule has 0 radical (unpaired) electrons. The Bertz CT molecular complexity index is 473. The summed E-state index contributed by atoms with van der Waals surface area (Å²) in [7, 11) is 1.53. The van der Waals surface area contributed by atoms with Crippen LogP contribution in [-0.2, 0) is 9.53 Å². The molecule has 0 aromatic heterocycles. The van der Waals surface area contributed by atoms with Gasteiger partial charge in [0.1, 0.15) is 6.54 Å². The number of carbonyl (C=O) groups is 2. The molecule has 0 saturated heterocycles. The molecular weight excluding hydrogens is 262 g/mol. The van der Waals surface area contributed by atoms with E-state index in [-0.39, 0.29) is 19.1 Å². The molecule has 0 fully saturated rings. The molecule has 1 aromatic carbocycles. The van der Waals surface area contributed by atoms with E-state index >= 15 is 0 Å². The Morgan fingerprint density at radius 3 is 2.50 bits per heavy atom. The van der Waals surface area contributed by atoms with Crippen molar-refractivity contribution in [2.45, 2.75) is 13.8 Å². The molecule has 0 spiro atoms. The summed E-state index contributed by atoms with van der Waals surface area (Å²) in [6.07, 6.45) is 0. The number of hydrogen-bond acceptors (Lipinski definition) is 5. The summed E-state index contributed by atoms with van der Waals surface area (Å²) < 4.78 is 15.2. The average molecular weight is 281 g/mol. The average Bonchev–Trinajstić information content (AvgIpc) is 2.45. The second-order valence-corrected chi connectivity index (χ2v) is 3.79. The first-order valence-electron chi connectivity index (χ1n) is 6.37. The summed E-state index contributed by atoms with van der Waals surface area (Å²) in [4.78, 5) is 23.1. The second-order valence-electron chi connectivity index (χ2n) is 3.79. The van der Waals surface area contributed by atoms with Gasteiger partial charge in [0.25, 0.3) is 5.91 Å². The van der Waals surface area contributed by atoms with Crippen LogP contribution in [0.25, 0.3) is 0 Å². The van der Waals surface area contributed by atoms with Gasteiger partial charge < -0.3 is 19.5 Å². The molecule has 0 aliphatic heterocycles. The van der Waals surface area contributed by atoms with Crippen molar-refractivity contribution in [2.24, 2.45) is 0 Å². The van der Waals surface area contributed by atoms with Crippen LogP contribution in [0.2, 0.25) is 0 Å². The van der Waals surface area contributed by atoms with E-state index in [1.165, 1.54) is 7.11 Å². The van der Waals surface area contributed by atoms with Crippen molar-refractivity contribution in [3.8, 4) is 11.5 Å². The van der Waals surface area contributed by atoms with Gasteiger partial charge in [-0.1, -0.05) is 0 Å². The maximum Gasteiger partial charge on any atom is 0.325 e. The largest absolute Gasteiger partial charge is 0.493 e. The van der Waals surface area contributed by atoms with Gasteiger partial charge >= 0.3 is 5.97 Å². The Balaban J connectivity index is 2.73. The van der Waals surface area contributed by atoms with Crippen LogP contribution in [0.4, 0.5) is 0 Å². The van der Waals surface area contributed by atoms with Gasteiger partial charge in [-0.15, -0.1) is 0 Å². The van der Waals surface area contributed by atoms with Crippen molar-refractivity contribution >= 4 is 11.9 Å². The van der Waals surface area contributed by atoms with Crippen LogP contribution in [0, 0.1) is 0 Å². The summed E-state index contributed by atoms with van der Waals surface area (Å²) in [6, 6.07) is 4.81. The molecule has 0 unspecified atom stereocenters. The van der Waals surface area contributed by atoms with Crippen molar-refractivity contribution in [3.05, 3.63) is 23.8 Å². The number of hydrogen-bond donors (Lipinski definition) is 1. The van der Waals surface area contributed by atoms with Crippen LogP contribution >= 0.6 is 0 Å². The summed E-state index contributed by atoms with van der Waals surface area (Å²) in [5.41, 5.74) is 0.388. The molecule has 6 nitrogen and oxygen atoms in total. The minimum absolute atomic E-state index is 0.164. The molecule has 0 saturated carbocycles. The van der Waals surface area contributed by atoms with Crippen LogP contribution in [-0.4, -0.2) is 38.7 Å². The molecule has 1 N–H and O–H groups in total. The highest BCUT2D eigenvalue weighted by molar-refractivity contribution is 5.96. The van der Waals surface area contributed by atoms with Crippen LogP contribution in [0.3, 0.4) is 0 Å². The number of ether oxygens (including phenoxy) is 3. The predicted molar refractivity (Wildman–Crippen MR) is 73.1 cm³/mol. The molecule has 0 atom stereocenters. The number of methoxy groups -OCH3 is 1. The summed E-state index contributed by atoms with van der Waals surface area (Å²) in [6.45, 7) is 4.13. The summed E-state index contributed by atoms with van der Waals surface area (Å²) in [5.74, 6) is 0.189. The van der Waals surface area contributed by atoms with Crippen LogP contribution in [0.1, 0.15) is 24.2 Å². The third kappa shape index (κ3) is 4.46. The van der Waals surface area contributed by atoms with Gasteiger partial charge in [0.2, 0.25) is 0 Å². The quantitative estimate of drug-likeness (QED) is 0.764. The van der Waals surface area contributed by atoms with E-state index in [1.54, 1.807) is 25.1 Å². The standard InChI is InChI=1S/C14H19NO5/c1-4-19-12-8-10(6-7-11(12)18-3)14(17)15-9-13(16)20-5-2/h6-8H,4-5,9H2,1-3H3,(H,15,17). The molecule has 20 heavy (non-hydrogen) atoms. The van der Waals surface area contributed by atoms with Gasteiger partial charge in [-0.3, -0.25) is 9.59 Å². The number of nitrogens with one attached hydrogen (secondary N) is 1. The summed E-state index contributed by atoms with van der Waals surface area (Å²) >= 11 is 0. The number of esters is 1. The first kappa shape index (κ1) is 15.8. The normalized spacial score (nSPS) is 9.75. The Morgan fingerprint density at radius 1 is 1.15 bits per heavy atom. The third-order valence-electron chi connectivity index (χ3n) is 2.42. The second kappa shape index (κ2) is 8.04. The van der Waals surface area contributed by atoms with Crippen LogP contribution in [0.5, 0.6) is 11.5 Å². The zero-order valence-electron chi connectivity index (χ0n) is 11.9. The number of carbonyl (C=O) groups excluding carboxylic acids is 2. The fraction of sp³-hybridized carbons (Fsp3) is 0.429. The van der Waals surface area contributed by atoms with Gasteiger partial charge in [0.05, 0.1) is 20.3 Å². The highest BCUT2D eigenvalue weighted by atomic mass is 16.5. The molecule has 1 aromatic rings. The molecule has 0 aliphatic rings. The van der Waals surface area contributed by atoms with E-state index in [0.717, 1.165) is 0 Å². The van der Waals surface area contributed by atoms with Gasteiger partial charge in [0.15, 0.2) is 11.5 Å². The minimum Gasteiger partial charge on any atom is -0.493 e. The molecule has 1 rings (SSSR count). The van der Waals surface area contributed by atoms with Gasteiger partial charge in [-0.05, 0) is 32.0 Å². The van der Waals surface area contributed by atoms with Crippen molar-refractivity contribution in [2.75, 3.05) is 26.9 Å². The van der Waals surface area contributed by atoms with Crippen molar-refractivity contribution < 1.29 is 23.8 Å². The van der Waals surface area contributed by atoms with Crippen LogP contribution < -0.4 is 14.8 Å². The monoisotopic (exact) mass is 281 g/mol. The lowest BCUT2D eigenvalue weighted by Crippen LogP contribution is -2.30. The smallest absolute Gasteiger partial charge is 0.325 e. The number of amides is 1. The fourth-order valence-corrected chi connectivity index (χ4v) is 1.55. The number of benzene rings is 1. The first-order valence-corrected chi connectivity index (χ1v) is 6.37. The Hall–Kier alpha value is -2.24. The lowest BCUT2D eigenvalue weighted by Gasteiger charge is -2.11. The zero-order valence-corrected chi connectivity index (χ0v) is 11.9. The van der Waals surface area contributed by atoms with E-state index in [9.17, 15) is 9.59 Å². The Kier molecular flexibility index (Phi) is 6.36. The highest BCUT2D eigenvalue weighted by Crippen LogP contribution is 2.27. The van der Waals surface area contributed by atoms with Crippen LogP contribution in [0.15, 0.2) is 18.2 Å². The lowest BCUT2D eigenvalue weighted by molar-refractivity contribution is -0.141. The molecule has 0 bridgehead atoms. The lowest BCUT2D eigenvalue weighted by atomic mass is 10.2. The zero-order chi connectivity index (χ0) is 15.0. The minimum atomic E-state index is -0.473. The molecule has 0 heterocycles. The topological polar surface area (TPSA) is 73.9 Å². The SMILES string of the molecule is CCOC(=O)CNC(=O)c1ccc(OC)c(OCC)c1. The third-order valence-corrected chi connectivity index (χ3v) is 2.42. The van der Waals surface area contributed by atoms with E-state index in [1.807, 2.05) is 6.92 Å². The molecule has 110 valence electrons. The van der Waals surface area contributed by atoms with Gasteiger partial charge in [-0.2, -0.15) is 0 Å². The highest BCUT2D eigenvalue weighted by Gasteiger charge is 2.12. The van der Waals surface area contributed by atoms with E-state index in [4.69, 9.17) is 14.2 Å².